The first kappa shape index (κ1) is 15.8. The van der Waals surface area contributed by atoms with Crippen molar-refractivity contribution in [3.8, 4) is 0 Å². The van der Waals surface area contributed by atoms with Crippen molar-refractivity contribution in [3.63, 3.8) is 0 Å². The lowest BCUT2D eigenvalue weighted by molar-refractivity contribution is -0.125. The maximum Gasteiger partial charge on any atom is 0.374 e. The van der Waals surface area contributed by atoms with Gasteiger partial charge in [-0.25, -0.2) is 4.79 Å². The van der Waals surface area contributed by atoms with Crippen molar-refractivity contribution in [1.82, 2.24) is 5.32 Å². The number of hydrogen-bond donors (Lipinski definition) is 1. The zero-order valence-electron chi connectivity index (χ0n) is 12.7. The molecule has 0 saturated heterocycles. The molecule has 0 bridgehead atoms. The normalized spacial score (nSPS) is 11.7. The van der Waals surface area contributed by atoms with Gasteiger partial charge in [-0.2, -0.15) is 0 Å². The Labute approximate surface area is 129 Å². The Bertz CT molecular complexity index is 617. The van der Waals surface area contributed by atoms with E-state index in [2.05, 4.69) is 5.32 Å². The average molecular weight is 301 g/mol. The van der Waals surface area contributed by atoms with Crippen LogP contribution < -0.4 is 5.32 Å². The predicted octanol–water partition coefficient (Wildman–Crippen LogP) is 3.01. The van der Waals surface area contributed by atoms with E-state index in [-0.39, 0.29) is 24.3 Å². The summed E-state index contributed by atoms with van der Waals surface area (Å²) in [4.78, 5) is 23.5. The molecule has 1 atom stereocenters. The predicted molar refractivity (Wildman–Crippen MR) is 81.3 cm³/mol. The van der Waals surface area contributed by atoms with E-state index in [1.54, 1.807) is 6.07 Å². The Balaban J connectivity index is 1.87. The van der Waals surface area contributed by atoms with Gasteiger partial charge in [-0.15, -0.1) is 0 Å². The molecule has 2 rings (SSSR count). The van der Waals surface area contributed by atoms with Crippen molar-refractivity contribution in [2.45, 2.75) is 26.3 Å². The molecule has 0 spiro atoms. The number of carbonyl (C=O) groups excluding carboxylic acids is 2. The minimum Gasteiger partial charge on any atom is -0.457 e. The van der Waals surface area contributed by atoms with E-state index < -0.39 is 5.97 Å². The number of benzene rings is 1. The number of carbonyl (C=O) groups is 2. The molecule has 22 heavy (non-hydrogen) atoms. The van der Waals surface area contributed by atoms with E-state index in [1.165, 1.54) is 12.3 Å². The standard InChI is InChI=1S/C17H19NO4/c1-3-14(13-8-6-12(2)7-9-13)18-16(19)11-22-17(20)15-5-4-10-21-15/h4-10,14H,3,11H2,1-2H3,(H,18,19)/t14-/m1/s1. The minimum atomic E-state index is -0.650. The van der Waals surface area contributed by atoms with Crippen LogP contribution in [0.4, 0.5) is 0 Å². The summed E-state index contributed by atoms with van der Waals surface area (Å²) in [5, 5.41) is 2.86. The number of rotatable bonds is 6. The molecule has 0 saturated carbocycles. The molecule has 5 nitrogen and oxygen atoms in total. The molecular formula is C17H19NO4. The Morgan fingerprint density at radius 3 is 2.55 bits per heavy atom. The number of amides is 1. The molecule has 0 aliphatic rings. The van der Waals surface area contributed by atoms with Crippen LogP contribution in [0.15, 0.2) is 47.1 Å². The zero-order chi connectivity index (χ0) is 15.9. The molecule has 2 aromatic rings. The summed E-state index contributed by atoms with van der Waals surface area (Å²) >= 11 is 0. The van der Waals surface area contributed by atoms with Crippen LogP contribution in [0.3, 0.4) is 0 Å². The third-order valence-corrected chi connectivity index (χ3v) is 3.28. The summed E-state index contributed by atoms with van der Waals surface area (Å²) in [5.41, 5.74) is 2.19. The number of nitrogens with one attached hydrogen (secondary N) is 1. The summed E-state index contributed by atoms with van der Waals surface area (Å²) in [6.45, 7) is 3.67. The minimum absolute atomic E-state index is 0.0818. The first-order valence-corrected chi connectivity index (χ1v) is 7.16. The molecule has 0 radical (unpaired) electrons. The first-order valence-electron chi connectivity index (χ1n) is 7.16. The third-order valence-electron chi connectivity index (χ3n) is 3.28. The Kier molecular flexibility index (Phi) is 5.36. The van der Waals surface area contributed by atoms with E-state index in [0.29, 0.717) is 0 Å². The number of aryl methyl sites for hydroxylation is 1. The molecule has 0 aliphatic heterocycles. The average Bonchev–Trinajstić information content (AvgIpc) is 3.05. The second-order valence-electron chi connectivity index (χ2n) is 4.99. The van der Waals surface area contributed by atoms with E-state index in [1.807, 2.05) is 38.1 Å². The number of ether oxygens (including phenoxy) is 1. The lowest BCUT2D eigenvalue weighted by Gasteiger charge is -2.17. The molecule has 0 aliphatic carbocycles. The summed E-state index contributed by atoms with van der Waals surface area (Å²) in [6, 6.07) is 10.9. The zero-order valence-corrected chi connectivity index (χ0v) is 12.7. The van der Waals surface area contributed by atoms with Gasteiger partial charge in [-0.1, -0.05) is 36.8 Å². The van der Waals surface area contributed by atoms with Crippen LogP contribution in [0.25, 0.3) is 0 Å². The second kappa shape index (κ2) is 7.45. The van der Waals surface area contributed by atoms with Crippen molar-refractivity contribution < 1.29 is 18.7 Å². The molecule has 1 amide bonds. The van der Waals surface area contributed by atoms with E-state index in [0.717, 1.165) is 17.5 Å². The number of hydrogen-bond acceptors (Lipinski definition) is 4. The largest absolute Gasteiger partial charge is 0.457 e. The molecular weight excluding hydrogens is 282 g/mol. The van der Waals surface area contributed by atoms with Gasteiger partial charge < -0.3 is 14.5 Å². The SMILES string of the molecule is CC[C@@H](NC(=O)COC(=O)c1ccco1)c1ccc(C)cc1. The van der Waals surface area contributed by atoms with Crippen LogP contribution in [0, 0.1) is 6.92 Å². The summed E-state index contributed by atoms with van der Waals surface area (Å²) < 4.78 is 9.81. The summed E-state index contributed by atoms with van der Waals surface area (Å²) in [6.07, 6.45) is 2.13. The van der Waals surface area contributed by atoms with Crippen molar-refractivity contribution in [3.05, 3.63) is 59.5 Å². The maximum atomic E-state index is 11.9. The molecule has 0 fully saturated rings. The van der Waals surface area contributed by atoms with Gasteiger partial charge in [-0.05, 0) is 31.0 Å². The molecule has 116 valence electrons. The van der Waals surface area contributed by atoms with Crippen LogP contribution in [0.2, 0.25) is 0 Å². The van der Waals surface area contributed by atoms with Crippen LogP contribution in [0.1, 0.15) is 41.1 Å². The van der Waals surface area contributed by atoms with Crippen molar-refractivity contribution >= 4 is 11.9 Å². The van der Waals surface area contributed by atoms with E-state index >= 15 is 0 Å². The third kappa shape index (κ3) is 4.22. The van der Waals surface area contributed by atoms with Crippen molar-refractivity contribution in [2.75, 3.05) is 6.61 Å². The fraction of sp³-hybridized carbons (Fsp3) is 0.294. The van der Waals surface area contributed by atoms with Gasteiger partial charge in [0, 0.05) is 0 Å². The van der Waals surface area contributed by atoms with Gasteiger partial charge >= 0.3 is 5.97 Å². The summed E-state index contributed by atoms with van der Waals surface area (Å²) in [7, 11) is 0. The van der Waals surface area contributed by atoms with Crippen molar-refractivity contribution in [1.29, 1.82) is 0 Å². The number of furan rings is 1. The molecule has 0 unspecified atom stereocenters. The van der Waals surface area contributed by atoms with Gasteiger partial charge in [0.2, 0.25) is 5.76 Å². The lowest BCUT2D eigenvalue weighted by Crippen LogP contribution is -2.32. The smallest absolute Gasteiger partial charge is 0.374 e. The van der Waals surface area contributed by atoms with Gasteiger partial charge in [0.25, 0.3) is 5.91 Å². The molecule has 1 aromatic heterocycles. The topological polar surface area (TPSA) is 68.5 Å². The van der Waals surface area contributed by atoms with Crippen LogP contribution >= 0.6 is 0 Å². The fourth-order valence-electron chi connectivity index (χ4n) is 2.05. The van der Waals surface area contributed by atoms with Gasteiger partial charge in [0.1, 0.15) is 0 Å². The second-order valence-corrected chi connectivity index (χ2v) is 4.99. The van der Waals surface area contributed by atoms with Gasteiger partial charge in [0.05, 0.1) is 12.3 Å². The van der Waals surface area contributed by atoms with Gasteiger partial charge in [0.15, 0.2) is 6.61 Å². The highest BCUT2D eigenvalue weighted by Gasteiger charge is 2.16. The Hall–Kier alpha value is -2.56. The number of esters is 1. The van der Waals surface area contributed by atoms with Gasteiger partial charge in [-0.3, -0.25) is 4.79 Å². The lowest BCUT2D eigenvalue weighted by atomic mass is 10.0. The van der Waals surface area contributed by atoms with E-state index in [9.17, 15) is 9.59 Å². The van der Waals surface area contributed by atoms with Crippen LogP contribution in [-0.4, -0.2) is 18.5 Å². The molecule has 1 aromatic carbocycles. The highest BCUT2D eigenvalue weighted by molar-refractivity contribution is 5.88. The molecule has 1 N–H and O–H groups in total. The Morgan fingerprint density at radius 2 is 1.95 bits per heavy atom. The summed E-state index contributed by atoms with van der Waals surface area (Å²) in [5.74, 6) is -0.908. The molecule has 1 heterocycles. The fourth-order valence-corrected chi connectivity index (χ4v) is 2.05. The molecule has 5 heteroatoms. The van der Waals surface area contributed by atoms with Crippen molar-refractivity contribution in [2.24, 2.45) is 0 Å². The Morgan fingerprint density at radius 1 is 1.23 bits per heavy atom. The highest BCUT2D eigenvalue weighted by atomic mass is 16.5. The van der Waals surface area contributed by atoms with Crippen LogP contribution in [0.5, 0.6) is 0 Å². The maximum absolute atomic E-state index is 11.9. The quantitative estimate of drug-likeness (QED) is 0.833. The first-order chi connectivity index (χ1) is 10.6. The monoisotopic (exact) mass is 301 g/mol. The highest BCUT2D eigenvalue weighted by Crippen LogP contribution is 2.17. The van der Waals surface area contributed by atoms with E-state index in [4.69, 9.17) is 9.15 Å². The van der Waals surface area contributed by atoms with Crippen LogP contribution in [-0.2, 0) is 9.53 Å².